The van der Waals surface area contributed by atoms with Gasteiger partial charge >= 0.3 is 0 Å². The first-order valence-electron chi connectivity index (χ1n) is 18.2. The normalized spacial score (nSPS) is 11.8. The molecule has 0 bridgehead atoms. The average Bonchev–Trinajstić information content (AvgIpc) is 3.12. The Balaban J connectivity index is 0.994. The molecule has 0 aromatic heterocycles. The van der Waals surface area contributed by atoms with Crippen molar-refractivity contribution in [3.05, 3.63) is 95.6 Å². The van der Waals surface area contributed by atoms with Gasteiger partial charge in [-0.25, -0.2) is 17.6 Å². The second kappa shape index (κ2) is 20.6. The molecular formula is C42H48F6O4. The lowest BCUT2D eigenvalue weighted by Gasteiger charge is -2.12. The summed E-state index contributed by atoms with van der Waals surface area (Å²) in [4.78, 5) is 0. The molecule has 1 atom stereocenters. The van der Waals surface area contributed by atoms with Gasteiger partial charge in [-0.3, -0.25) is 0 Å². The number of rotatable bonds is 22. The number of unbranched alkanes of at least 4 members (excludes halogenated alkanes) is 8. The summed E-state index contributed by atoms with van der Waals surface area (Å²) in [6.07, 6.45) is 12.9. The standard InChI is InChI=1S/C42H48F6O4/c1-3-50-38-23-21-34(40(46)42(38)48)32-19-17-30(27-36(32)44)52-25-13-9-5-7-11-15-28(2)14-10-6-4-8-12-24-51-29-16-18-31(35(43)26-29)33-20-22-37(49)41(47)39(33)45/h16-23,26-28,49H,3-15,24-25H2,1-2H3. The first kappa shape index (κ1) is 40.4. The second-order valence-electron chi connectivity index (χ2n) is 13.1. The molecule has 1 unspecified atom stereocenters. The fourth-order valence-corrected chi connectivity index (χ4v) is 6.14. The van der Waals surface area contributed by atoms with Crippen LogP contribution in [0.15, 0.2) is 60.7 Å². The molecule has 4 aromatic carbocycles. The molecule has 0 aliphatic heterocycles. The number of halogens is 6. The topological polar surface area (TPSA) is 47.9 Å². The maximum Gasteiger partial charge on any atom is 0.201 e. The lowest BCUT2D eigenvalue weighted by Crippen LogP contribution is -2.00. The van der Waals surface area contributed by atoms with E-state index in [0.717, 1.165) is 69.6 Å². The van der Waals surface area contributed by atoms with E-state index in [9.17, 15) is 31.4 Å². The zero-order chi connectivity index (χ0) is 37.5. The Morgan fingerprint density at radius 3 is 1.44 bits per heavy atom. The molecule has 4 rings (SSSR count). The van der Waals surface area contributed by atoms with Crippen molar-refractivity contribution >= 4 is 0 Å². The van der Waals surface area contributed by atoms with Crippen LogP contribution in [0.2, 0.25) is 0 Å². The Hall–Kier alpha value is -4.34. The molecule has 0 amide bonds. The smallest absolute Gasteiger partial charge is 0.201 e. The number of hydrogen-bond acceptors (Lipinski definition) is 4. The highest BCUT2D eigenvalue weighted by molar-refractivity contribution is 5.67. The fourth-order valence-electron chi connectivity index (χ4n) is 6.14. The summed E-state index contributed by atoms with van der Waals surface area (Å²) in [5, 5.41) is 9.29. The van der Waals surface area contributed by atoms with E-state index >= 15 is 0 Å². The highest BCUT2D eigenvalue weighted by atomic mass is 19.2. The zero-order valence-corrected chi connectivity index (χ0v) is 29.9. The summed E-state index contributed by atoms with van der Waals surface area (Å²) in [6, 6.07) is 12.9. The van der Waals surface area contributed by atoms with E-state index in [1.807, 2.05) is 0 Å². The SMILES string of the molecule is CCOc1ccc(-c2ccc(OCCCCCCCC(C)CCCCCCCOc3ccc(-c4ccc(O)c(F)c4F)c(F)c3)cc2F)c(F)c1F. The third-order valence-corrected chi connectivity index (χ3v) is 9.09. The van der Waals surface area contributed by atoms with Crippen LogP contribution in [0, 0.1) is 40.8 Å². The van der Waals surface area contributed by atoms with E-state index in [1.54, 1.807) is 13.0 Å². The third-order valence-electron chi connectivity index (χ3n) is 9.09. The van der Waals surface area contributed by atoms with Crippen LogP contribution in [-0.4, -0.2) is 24.9 Å². The van der Waals surface area contributed by atoms with Crippen LogP contribution >= 0.6 is 0 Å². The molecule has 282 valence electrons. The van der Waals surface area contributed by atoms with Crippen LogP contribution in [-0.2, 0) is 0 Å². The highest BCUT2D eigenvalue weighted by Gasteiger charge is 2.19. The molecule has 4 aromatic rings. The lowest BCUT2D eigenvalue weighted by atomic mass is 9.96. The minimum absolute atomic E-state index is 0.0436. The third kappa shape index (κ3) is 11.6. The van der Waals surface area contributed by atoms with Crippen molar-refractivity contribution in [2.75, 3.05) is 19.8 Å². The average molecular weight is 731 g/mol. The number of ether oxygens (including phenoxy) is 3. The van der Waals surface area contributed by atoms with Gasteiger partial charge in [0, 0.05) is 34.4 Å². The Labute approximate surface area is 302 Å². The molecule has 0 fully saturated rings. The molecule has 4 nitrogen and oxygen atoms in total. The predicted molar refractivity (Wildman–Crippen MR) is 192 cm³/mol. The van der Waals surface area contributed by atoms with Crippen LogP contribution in [0.5, 0.6) is 23.0 Å². The summed E-state index contributed by atoms with van der Waals surface area (Å²) < 4.78 is 102. The van der Waals surface area contributed by atoms with E-state index in [-0.39, 0.29) is 34.6 Å². The van der Waals surface area contributed by atoms with E-state index < -0.39 is 40.7 Å². The second-order valence-corrected chi connectivity index (χ2v) is 13.1. The summed E-state index contributed by atoms with van der Waals surface area (Å²) >= 11 is 0. The van der Waals surface area contributed by atoms with Crippen LogP contribution in [0.1, 0.15) is 90.9 Å². The lowest BCUT2D eigenvalue weighted by molar-refractivity contribution is 0.302. The Kier molecular flexibility index (Phi) is 16.0. The number of phenolic OH excluding ortho intramolecular Hbond substituents is 1. The molecule has 0 aliphatic rings. The van der Waals surface area contributed by atoms with Crippen molar-refractivity contribution in [3.63, 3.8) is 0 Å². The van der Waals surface area contributed by atoms with Crippen LogP contribution < -0.4 is 14.2 Å². The maximum atomic E-state index is 14.7. The van der Waals surface area contributed by atoms with Crippen LogP contribution in [0.25, 0.3) is 22.3 Å². The summed E-state index contributed by atoms with van der Waals surface area (Å²) in [6.45, 7) is 5.04. The Morgan fingerprint density at radius 1 is 0.500 bits per heavy atom. The van der Waals surface area contributed by atoms with Crippen molar-refractivity contribution < 1.29 is 45.7 Å². The zero-order valence-electron chi connectivity index (χ0n) is 29.9. The van der Waals surface area contributed by atoms with Gasteiger partial charge in [0.1, 0.15) is 23.1 Å². The van der Waals surface area contributed by atoms with Crippen LogP contribution in [0.4, 0.5) is 26.3 Å². The molecule has 52 heavy (non-hydrogen) atoms. The quantitative estimate of drug-likeness (QED) is 0.0646. The van der Waals surface area contributed by atoms with E-state index in [1.165, 1.54) is 62.1 Å². The van der Waals surface area contributed by atoms with E-state index in [0.29, 0.717) is 30.6 Å². The van der Waals surface area contributed by atoms with Crippen molar-refractivity contribution in [1.82, 2.24) is 0 Å². The Bertz CT molecular complexity index is 1730. The Morgan fingerprint density at radius 2 is 0.942 bits per heavy atom. The molecule has 1 N–H and O–H groups in total. The van der Waals surface area contributed by atoms with Gasteiger partial charge in [0.25, 0.3) is 0 Å². The highest BCUT2D eigenvalue weighted by Crippen LogP contribution is 2.34. The maximum absolute atomic E-state index is 14.7. The molecule has 0 aliphatic carbocycles. The molecular weight excluding hydrogens is 682 g/mol. The predicted octanol–water partition coefficient (Wildman–Crippen LogP) is 12.7. The molecule has 0 saturated heterocycles. The fraction of sp³-hybridized carbons (Fsp3) is 0.429. The van der Waals surface area contributed by atoms with Crippen LogP contribution in [0.3, 0.4) is 0 Å². The molecule has 0 spiro atoms. The number of hydrogen-bond donors (Lipinski definition) is 1. The van der Waals surface area contributed by atoms with Gasteiger partial charge in [-0.05, 0) is 74.2 Å². The number of phenols is 1. The summed E-state index contributed by atoms with van der Waals surface area (Å²) in [7, 11) is 0. The minimum atomic E-state index is -1.41. The molecule has 0 radical (unpaired) electrons. The van der Waals surface area contributed by atoms with Gasteiger partial charge in [0.2, 0.25) is 11.6 Å². The minimum Gasteiger partial charge on any atom is -0.505 e. The van der Waals surface area contributed by atoms with Gasteiger partial charge < -0.3 is 19.3 Å². The van der Waals surface area contributed by atoms with Crippen molar-refractivity contribution in [2.45, 2.75) is 90.9 Å². The molecule has 0 heterocycles. The van der Waals surface area contributed by atoms with E-state index in [2.05, 4.69) is 6.92 Å². The first-order chi connectivity index (χ1) is 25.1. The monoisotopic (exact) mass is 730 g/mol. The van der Waals surface area contributed by atoms with E-state index in [4.69, 9.17) is 14.2 Å². The largest absolute Gasteiger partial charge is 0.505 e. The van der Waals surface area contributed by atoms with Crippen molar-refractivity contribution in [1.29, 1.82) is 0 Å². The van der Waals surface area contributed by atoms with Gasteiger partial charge in [0.05, 0.1) is 19.8 Å². The van der Waals surface area contributed by atoms with Gasteiger partial charge in [-0.15, -0.1) is 0 Å². The molecule has 10 heteroatoms. The van der Waals surface area contributed by atoms with Crippen molar-refractivity contribution in [2.24, 2.45) is 5.92 Å². The molecule has 0 saturated carbocycles. The van der Waals surface area contributed by atoms with Gasteiger partial charge in [-0.2, -0.15) is 8.78 Å². The van der Waals surface area contributed by atoms with Gasteiger partial charge in [0.15, 0.2) is 23.1 Å². The van der Waals surface area contributed by atoms with Gasteiger partial charge in [-0.1, -0.05) is 71.1 Å². The summed E-state index contributed by atoms with van der Waals surface area (Å²) in [5.74, 6) is -6.12. The number of benzene rings is 4. The number of aromatic hydroxyl groups is 1. The first-order valence-corrected chi connectivity index (χ1v) is 18.2. The summed E-state index contributed by atoms with van der Waals surface area (Å²) in [5.41, 5.74) is -0.591. The van der Waals surface area contributed by atoms with Crippen molar-refractivity contribution in [3.8, 4) is 45.3 Å².